The number of nitrogens with zero attached hydrogens (tertiary/aromatic N) is 1. The first-order chi connectivity index (χ1) is 17.3. The molecule has 1 aliphatic carbocycles. The van der Waals surface area contributed by atoms with Crippen LogP contribution >= 0.6 is 0 Å². The van der Waals surface area contributed by atoms with E-state index in [0.29, 0.717) is 38.8 Å². The van der Waals surface area contributed by atoms with E-state index >= 15 is 0 Å². The lowest BCUT2D eigenvalue weighted by atomic mass is 9.69. The molecule has 1 aromatic carbocycles. The zero-order chi connectivity index (χ0) is 25.8. The molecule has 1 aromatic rings. The number of aromatic hydroxyl groups is 1. The first-order valence-corrected chi connectivity index (χ1v) is 13.2. The number of phenolic OH excluding ortho intramolecular Hbond substituents is 1. The van der Waals surface area contributed by atoms with Crippen LogP contribution in [0.4, 0.5) is 0 Å². The van der Waals surface area contributed by atoms with Crippen molar-refractivity contribution in [2.45, 2.75) is 71.3 Å². The molecule has 194 valence electrons. The van der Waals surface area contributed by atoms with Gasteiger partial charge in [0.15, 0.2) is 0 Å². The molecular formula is C29H37NO6. The lowest BCUT2D eigenvalue weighted by molar-refractivity contribution is -0.141. The zero-order valence-corrected chi connectivity index (χ0v) is 21.2. The van der Waals surface area contributed by atoms with Gasteiger partial charge in [-0.25, -0.2) is 0 Å². The summed E-state index contributed by atoms with van der Waals surface area (Å²) in [6.07, 6.45) is 7.28. The molecule has 3 aliphatic rings. The van der Waals surface area contributed by atoms with E-state index < -0.39 is 5.97 Å². The molecule has 2 heterocycles. The van der Waals surface area contributed by atoms with Gasteiger partial charge in [-0.05, 0) is 68.7 Å². The second kappa shape index (κ2) is 11.4. The molecule has 7 heteroatoms. The number of amides is 2. The average Bonchev–Trinajstić information content (AvgIpc) is 3.37. The first-order valence-electron chi connectivity index (χ1n) is 13.2. The zero-order valence-electron chi connectivity index (χ0n) is 21.2. The second-order valence-corrected chi connectivity index (χ2v) is 10.3. The largest absolute Gasteiger partial charge is 0.508 e. The predicted octanol–water partition coefficient (Wildman–Crippen LogP) is 4.95. The molecule has 4 atom stereocenters. The van der Waals surface area contributed by atoms with E-state index in [0.717, 1.165) is 24.8 Å². The van der Waals surface area contributed by atoms with Crippen LogP contribution in [-0.4, -0.2) is 52.2 Å². The van der Waals surface area contributed by atoms with E-state index in [4.69, 9.17) is 9.84 Å². The van der Waals surface area contributed by atoms with Crippen LogP contribution in [0.1, 0.15) is 70.8 Å². The predicted molar refractivity (Wildman–Crippen MR) is 136 cm³/mol. The Morgan fingerprint density at radius 3 is 2.53 bits per heavy atom. The van der Waals surface area contributed by atoms with Gasteiger partial charge < -0.3 is 14.9 Å². The minimum atomic E-state index is -0.818. The van der Waals surface area contributed by atoms with E-state index in [1.165, 1.54) is 21.6 Å². The molecule has 0 spiro atoms. The average molecular weight is 496 g/mol. The molecule has 0 unspecified atom stereocenters. The van der Waals surface area contributed by atoms with Crippen LogP contribution in [0.15, 0.2) is 41.0 Å². The summed E-state index contributed by atoms with van der Waals surface area (Å²) >= 11 is 0. The molecule has 36 heavy (non-hydrogen) atoms. The van der Waals surface area contributed by atoms with Gasteiger partial charge in [0.1, 0.15) is 5.75 Å². The molecule has 7 nitrogen and oxygen atoms in total. The summed E-state index contributed by atoms with van der Waals surface area (Å²) in [6.45, 7) is 5.07. The quantitative estimate of drug-likeness (QED) is 0.256. The summed E-state index contributed by atoms with van der Waals surface area (Å²) in [6, 6.07) is 7.14. The Hall–Kier alpha value is -2.93. The number of benzene rings is 1. The van der Waals surface area contributed by atoms with Crippen molar-refractivity contribution >= 4 is 23.9 Å². The molecule has 2 amide bonds. The highest BCUT2D eigenvalue weighted by molar-refractivity contribution is 6.05. The summed E-state index contributed by atoms with van der Waals surface area (Å²) in [4.78, 5) is 38.7. The van der Waals surface area contributed by atoms with E-state index in [1.807, 2.05) is 12.1 Å². The summed E-state index contributed by atoms with van der Waals surface area (Å²) in [7, 11) is 0. The maximum atomic E-state index is 13.4. The number of fused-ring (bicyclic) bond motifs is 3. The van der Waals surface area contributed by atoms with Gasteiger partial charge in [-0.3, -0.25) is 19.3 Å². The summed E-state index contributed by atoms with van der Waals surface area (Å²) in [5, 5.41) is 18.3. The van der Waals surface area contributed by atoms with Gasteiger partial charge in [-0.1, -0.05) is 42.7 Å². The third kappa shape index (κ3) is 5.56. The van der Waals surface area contributed by atoms with Gasteiger partial charge in [0, 0.05) is 18.9 Å². The summed E-state index contributed by atoms with van der Waals surface area (Å²) < 4.78 is 6.26. The number of hydrogen-bond acceptors (Lipinski definition) is 5. The fourth-order valence-corrected chi connectivity index (χ4v) is 6.11. The highest BCUT2D eigenvalue weighted by Gasteiger charge is 2.56. The molecule has 2 saturated heterocycles. The van der Waals surface area contributed by atoms with E-state index in [-0.39, 0.29) is 47.8 Å². The minimum absolute atomic E-state index is 0.0259. The number of carbonyl (C=O) groups is 3. The number of unbranched alkanes of at least 4 members (excludes halogenated alkanes) is 2. The van der Waals surface area contributed by atoms with Crippen molar-refractivity contribution in [1.29, 1.82) is 0 Å². The van der Waals surface area contributed by atoms with Crippen molar-refractivity contribution in [2.24, 2.45) is 17.8 Å². The maximum absolute atomic E-state index is 13.4. The van der Waals surface area contributed by atoms with E-state index in [1.54, 1.807) is 12.1 Å². The fraction of sp³-hybridized carbons (Fsp3) is 0.552. The van der Waals surface area contributed by atoms with Gasteiger partial charge in [-0.2, -0.15) is 0 Å². The van der Waals surface area contributed by atoms with E-state index in [2.05, 4.69) is 19.9 Å². The Kier molecular flexibility index (Phi) is 8.29. The Labute approximate surface area is 212 Å². The molecule has 2 aliphatic heterocycles. The van der Waals surface area contributed by atoms with Gasteiger partial charge in [0.05, 0.1) is 24.5 Å². The molecule has 2 fully saturated rings. The van der Waals surface area contributed by atoms with Crippen molar-refractivity contribution < 1.29 is 29.3 Å². The topological polar surface area (TPSA) is 104 Å². The molecule has 2 N–H and O–H groups in total. The normalized spacial score (nSPS) is 25.9. The molecular weight excluding hydrogens is 458 g/mol. The number of likely N-dealkylation sites (tertiary alicyclic amines) is 1. The van der Waals surface area contributed by atoms with Gasteiger partial charge in [-0.15, -0.1) is 0 Å². The van der Waals surface area contributed by atoms with Crippen LogP contribution in [0, 0.1) is 17.8 Å². The van der Waals surface area contributed by atoms with Crippen molar-refractivity contribution in [3.8, 4) is 5.75 Å². The number of hydrogen-bond donors (Lipinski definition) is 2. The molecule has 4 rings (SSSR count). The third-order valence-corrected chi connectivity index (χ3v) is 7.91. The molecule has 0 bridgehead atoms. The van der Waals surface area contributed by atoms with Crippen molar-refractivity contribution in [3.05, 3.63) is 46.5 Å². The standard InChI is InChI=1S/C29H37NO6/c1-3-20-16-22-27(29(35)30(28(22)34)14-6-4-5-7-25(32)33)23-17-36-24(26(20)23)13-8-18(2)15-19-9-11-21(31)12-10-19/h9-12,15,22-24,27,31H,3-8,13-14,16-17H2,1-2H3,(H,32,33)/b18-15+/t22-,23+,24-,27-/m1/s1. The van der Waals surface area contributed by atoms with Crippen LogP contribution in [-0.2, 0) is 19.1 Å². The number of phenols is 1. The maximum Gasteiger partial charge on any atom is 0.303 e. The highest BCUT2D eigenvalue weighted by Crippen LogP contribution is 2.50. The molecule has 0 radical (unpaired) electrons. The number of aliphatic carboxylic acids is 1. The molecule has 0 saturated carbocycles. The number of carboxylic acid groups (broad SMARTS) is 1. The molecule has 0 aromatic heterocycles. The van der Waals surface area contributed by atoms with Crippen LogP contribution in [0.25, 0.3) is 6.08 Å². The van der Waals surface area contributed by atoms with Crippen LogP contribution in [0.5, 0.6) is 5.75 Å². The fourth-order valence-electron chi connectivity index (χ4n) is 6.11. The Bertz CT molecular complexity index is 1060. The number of rotatable bonds is 11. The smallest absolute Gasteiger partial charge is 0.303 e. The Morgan fingerprint density at radius 1 is 1.08 bits per heavy atom. The van der Waals surface area contributed by atoms with Gasteiger partial charge in [0.25, 0.3) is 0 Å². The van der Waals surface area contributed by atoms with Crippen LogP contribution in [0.3, 0.4) is 0 Å². The number of carboxylic acids is 1. The van der Waals surface area contributed by atoms with Gasteiger partial charge >= 0.3 is 5.97 Å². The van der Waals surface area contributed by atoms with Crippen molar-refractivity contribution in [1.82, 2.24) is 4.90 Å². The lowest BCUT2D eigenvalue weighted by Gasteiger charge is -2.31. The number of carbonyl (C=O) groups excluding carboxylic acids is 2. The summed E-state index contributed by atoms with van der Waals surface area (Å²) in [5.41, 5.74) is 4.79. The van der Waals surface area contributed by atoms with Crippen LogP contribution < -0.4 is 0 Å². The van der Waals surface area contributed by atoms with E-state index in [9.17, 15) is 19.5 Å². The lowest BCUT2D eigenvalue weighted by Crippen LogP contribution is -2.34. The van der Waals surface area contributed by atoms with Gasteiger partial charge in [0.2, 0.25) is 11.8 Å². The first kappa shape index (κ1) is 26.1. The SMILES string of the molecule is CCC1=C2[C@@H](CC/C(C)=C/c3ccc(O)cc3)OC[C@@H]2[C@@H]2C(=O)N(CCCCCC(=O)O)C(=O)[C@@H]2C1. The number of ether oxygens (including phenoxy) is 1. The van der Waals surface area contributed by atoms with Crippen LogP contribution in [0.2, 0.25) is 0 Å². The van der Waals surface area contributed by atoms with Crippen molar-refractivity contribution in [3.63, 3.8) is 0 Å². The Balaban J connectivity index is 1.41. The monoisotopic (exact) mass is 495 g/mol. The number of imide groups is 1. The summed E-state index contributed by atoms with van der Waals surface area (Å²) in [5.74, 6) is -1.36. The Morgan fingerprint density at radius 2 is 1.83 bits per heavy atom. The second-order valence-electron chi connectivity index (χ2n) is 10.3. The minimum Gasteiger partial charge on any atom is -0.508 e. The third-order valence-electron chi connectivity index (χ3n) is 7.91. The highest BCUT2D eigenvalue weighted by atomic mass is 16.5. The van der Waals surface area contributed by atoms with Crippen molar-refractivity contribution in [2.75, 3.05) is 13.2 Å². The number of allylic oxidation sites excluding steroid dienone is 2.